The fourth-order valence-corrected chi connectivity index (χ4v) is 2.18. The molecule has 3 N–H and O–H groups in total. The van der Waals surface area contributed by atoms with Crippen LogP contribution in [0.4, 0.5) is 0 Å². The SMILES string of the molecule is Cl.Cl.N[C@@H](Cc1cccnc1)C(=O)N1CCC(O)CC1. The van der Waals surface area contributed by atoms with E-state index in [0.717, 1.165) is 5.56 Å². The smallest absolute Gasteiger partial charge is 0.239 e. The minimum absolute atomic E-state index is 0. The molecule has 1 atom stereocenters. The minimum atomic E-state index is -0.524. The highest BCUT2D eigenvalue weighted by Gasteiger charge is 2.25. The Balaban J connectivity index is 0.00000180. The lowest BCUT2D eigenvalue weighted by Crippen LogP contribution is -2.48. The zero-order chi connectivity index (χ0) is 13.0. The lowest BCUT2D eigenvalue weighted by molar-refractivity contribution is -0.134. The molecule has 0 spiro atoms. The molecule has 1 aromatic heterocycles. The quantitative estimate of drug-likeness (QED) is 0.862. The van der Waals surface area contributed by atoms with Gasteiger partial charge in [-0.25, -0.2) is 0 Å². The molecule has 0 aliphatic carbocycles. The summed E-state index contributed by atoms with van der Waals surface area (Å²) in [6.45, 7) is 1.20. The van der Waals surface area contributed by atoms with Crippen molar-refractivity contribution in [3.63, 3.8) is 0 Å². The largest absolute Gasteiger partial charge is 0.393 e. The third-order valence-corrected chi connectivity index (χ3v) is 3.27. The van der Waals surface area contributed by atoms with Crippen LogP contribution in [0.5, 0.6) is 0 Å². The molecular weight excluding hydrogens is 301 g/mol. The number of likely N-dealkylation sites (tertiary alicyclic amines) is 1. The van der Waals surface area contributed by atoms with Crippen LogP contribution >= 0.6 is 24.8 Å². The third kappa shape index (κ3) is 5.25. The molecule has 1 fully saturated rings. The lowest BCUT2D eigenvalue weighted by Gasteiger charge is -2.31. The average Bonchev–Trinajstić information content (AvgIpc) is 2.40. The molecule has 7 heteroatoms. The van der Waals surface area contributed by atoms with Gasteiger partial charge in [-0.05, 0) is 30.9 Å². The molecule has 0 aromatic carbocycles. The molecular formula is C13H21Cl2N3O2. The van der Waals surface area contributed by atoms with Crippen LogP contribution in [0, 0.1) is 0 Å². The van der Waals surface area contributed by atoms with Crippen molar-refractivity contribution in [2.24, 2.45) is 5.73 Å². The van der Waals surface area contributed by atoms with Gasteiger partial charge in [0.15, 0.2) is 0 Å². The van der Waals surface area contributed by atoms with Gasteiger partial charge in [0.2, 0.25) is 5.91 Å². The highest BCUT2D eigenvalue weighted by Crippen LogP contribution is 2.12. The second-order valence-electron chi connectivity index (χ2n) is 4.73. The second kappa shape index (κ2) is 9.13. The van der Waals surface area contributed by atoms with E-state index in [1.54, 1.807) is 17.3 Å². The Morgan fingerprint density at radius 2 is 2.10 bits per heavy atom. The summed E-state index contributed by atoms with van der Waals surface area (Å²) >= 11 is 0. The van der Waals surface area contributed by atoms with Crippen molar-refractivity contribution in [3.8, 4) is 0 Å². The lowest BCUT2D eigenvalue weighted by atomic mass is 10.0. The Morgan fingerprint density at radius 1 is 1.45 bits per heavy atom. The van der Waals surface area contributed by atoms with E-state index in [2.05, 4.69) is 4.98 Å². The number of aromatic nitrogens is 1. The topological polar surface area (TPSA) is 79.5 Å². The Bertz CT molecular complexity index is 398. The number of hydrogen-bond acceptors (Lipinski definition) is 4. The fraction of sp³-hybridized carbons (Fsp3) is 0.538. The summed E-state index contributed by atoms with van der Waals surface area (Å²) in [6.07, 6.45) is 4.95. The van der Waals surface area contributed by atoms with Crippen molar-refractivity contribution >= 4 is 30.7 Å². The van der Waals surface area contributed by atoms with Crippen molar-refractivity contribution in [2.75, 3.05) is 13.1 Å². The average molecular weight is 322 g/mol. The summed E-state index contributed by atoms with van der Waals surface area (Å²) < 4.78 is 0. The van der Waals surface area contributed by atoms with Gasteiger partial charge in [0.05, 0.1) is 12.1 Å². The van der Waals surface area contributed by atoms with Gasteiger partial charge >= 0.3 is 0 Å². The number of halogens is 2. The summed E-state index contributed by atoms with van der Waals surface area (Å²) in [5.74, 6) is -0.0363. The van der Waals surface area contributed by atoms with Crippen LogP contribution in [0.3, 0.4) is 0 Å². The molecule has 2 rings (SSSR count). The number of rotatable bonds is 3. The van der Waals surface area contributed by atoms with Crippen molar-refractivity contribution in [2.45, 2.75) is 31.4 Å². The van der Waals surface area contributed by atoms with E-state index in [4.69, 9.17) is 5.73 Å². The van der Waals surface area contributed by atoms with E-state index in [0.29, 0.717) is 32.4 Å². The van der Waals surface area contributed by atoms with E-state index in [1.165, 1.54) is 0 Å². The Morgan fingerprint density at radius 3 is 2.65 bits per heavy atom. The van der Waals surface area contributed by atoms with E-state index < -0.39 is 6.04 Å². The maximum absolute atomic E-state index is 12.1. The van der Waals surface area contributed by atoms with E-state index >= 15 is 0 Å². The molecule has 5 nitrogen and oxygen atoms in total. The predicted molar refractivity (Wildman–Crippen MR) is 82.2 cm³/mol. The number of amides is 1. The predicted octanol–water partition coefficient (Wildman–Crippen LogP) is 0.778. The number of aliphatic hydroxyl groups excluding tert-OH is 1. The van der Waals surface area contributed by atoms with Crippen molar-refractivity contribution in [3.05, 3.63) is 30.1 Å². The minimum Gasteiger partial charge on any atom is -0.393 e. The number of pyridine rings is 1. The van der Waals surface area contributed by atoms with Crippen molar-refractivity contribution in [1.29, 1.82) is 0 Å². The number of nitrogens with two attached hydrogens (primary N) is 1. The van der Waals surface area contributed by atoms with Crippen LogP contribution in [0.2, 0.25) is 0 Å². The van der Waals surface area contributed by atoms with E-state index in [-0.39, 0.29) is 36.8 Å². The second-order valence-corrected chi connectivity index (χ2v) is 4.73. The maximum Gasteiger partial charge on any atom is 0.239 e. The number of nitrogens with zero attached hydrogens (tertiary/aromatic N) is 2. The van der Waals surface area contributed by atoms with Gasteiger partial charge in [0, 0.05) is 25.5 Å². The monoisotopic (exact) mass is 321 g/mol. The van der Waals surface area contributed by atoms with E-state index in [9.17, 15) is 9.90 Å². The molecule has 1 saturated heterocycles. The third-order valence-electron chi connectivity index (χ3n) is 3.27. The van der Waals surface area contributed by atoms with Gasteiger partial charge in [0.25, 0.3) is 0 Å². The summed E-state index contributed by atoms with van der Waals surface area (Å²) in [5, 5.41) is 9.41. The van der Waals surface area contributed by atoms with Gasteiger partial charge in [-0.15, -0.1) is 24.8 Å². The molecule has 1 aromatic rings. The molecule has 114 valence electrons. The first kappa shape index (κ1) is 19.1. The first-order valence-electron chi connectivity index (χ1n) is 6.28. The molecule has 0 radical (unpaired) electrons. The molecule has 0 saturated carbocycles. The highest BCUT2D eigenvalue weighted by atomic mass is 35.5. The number of hydrogen-bond donors (Lipinski definition) is 2. The van der Waals surface area contributed by atoms with Crippen LogP contribution in [-0.4, -0.2) is 46.1 Å². The molecule has 2 heterocycles. The number of carbonyl (C=O) groups excluding carboxylic acids is 1. The van der Waals surface area contributed by atoms with Crippen LogP contribution in [0.15, 0.2) is 24.5 Å². The number of aliphatic hydroxyl groups is 1. The molecule has 1 aliphatic heterocycles. The van der Waals surface area contributed by atoms with Gasteiger partial charge in [-0.1, -0.05) is 6.07 Å². The number of piperidine rings is 1. The summed E-state index contributed by atoms with van der Waals surface area (Å²) in [6, 6.07) is 3.23. The first-order valence-corrected chi connectivity index (χ1v) is 6.28. The van der Waals surface area contributed by atoms with Gasteiger partial charge in [0.1, 0.15) is 0 Å². The molecule has 20 heavy (non-hydrogen) atoms. The molecule has 0 bridgehead atoms. The molecule has 1 aliphatic rings. The molecule has 1 amide bonds. The Labute approximate surface area is 131 Å². The Kier molecular flexibility index (Phi) is 8.73. The normalized spacial score (nSPS) is 16.8. The van der Waals surface area contributed by atoms with E-state index in [1.807, 2.05) is 12.1 Å². The summed E-state index contributed by atoms with van der Waals surface area (Å²) in [5.41, 5.74) is 6.90. The van der Waals surface area contributed by atoms with Crippen LogP contribution < -0.4 is 5.73 Å². The first-order chi connectivity index (χ1) is 8.66. The van der Waals surface area contributed by atoms with Crippen LogP contribution in [-0.2, 0) is 11.2 Å². The van der Waals surface area contributed by atoms with Gasteiger partial charge in [-0.3, -0.25) is 9.78 Å². The Hall–Kier alpha value is -0.880. The maximum atomic E-state index is 12.1. The van der Waals surface area contributed by atoms with Crippen LogP contribution in [0.1, 0.15) is 18.4 Å². The van der Waals surface area contributed by atoms with Gasteiger partial charge in [-0.2, -0.15) is 0 Å². The number of carbonyl (C=O) groups is 1. The van der Waals surface area contributed by atoms with Crippen molar-refractivity contribution < 1.29 is 9.90 Å². The molecule has 0 unspecified atom stereocenters. The standard InChI is InChI=1S/C13H19N3O2.2ClH/c14-12(8-10-2-1-5-15-9-10)13(18)16-6-3-11(17)4-7-16;;/h1-2,5,9,11-12,17H,3-4,6-8,14H2;2*1H/t12-;;/m0../s1. The summed E-state index contributed by atoms with van der Waals surface area (Å²) in [7, 11) is 0. The zero-order valence-electron chi connectivity index (χ0n) is 11.1. The zero-order valence-corrected chi connectivity index (χ0v) is 12.8. The van der Waals surface area contributed by atoms with Gasteiger partial charge < -0.3 is 15.7 Å². The summed E-state index contributed by atoms with van der Waals surface area (Å²) in [4.78, 5) is 17.9. The van der Waals surface area contributed by atoms with Crippen molar-refractivity contribution in [1.82, 2.24) is 9.88 Å². The van der Waals surface area contributed by atoms with Crippen LogP contribution in [0.25, 0.3) is 0 Å². The highest BCUT2D eigenvalue weighted by molar-refractivity contribution is 5.85. The fourth-order valence-electron chi connectivity index (χ4n) is 2.18.